The molecule has 2 heterocycles. The number of fused-ring (bicyclic) bond motifs is 1. The molecule has 0 unspecified atom stereocenters. The smallest absolute Gasteiger partial charge is 0.137 e. The summed E-state index contributed by atoms with van der Waals surface area (Å²) in [7, 11) is 0. The predicted molar refractivity (Wildman–Crippen MR) is 65.9 cm³/mol. The van der Waals surface area contributed by atoms with Gasteiger partial charge in [-0.25, -0.2) is 9.37 Å². The maximum Gasteiger partial charge on any atom is 0.137 e. The van der Waals surface area contributed by atoms with E-state index in [1.54, 1.807) is 12.1 Å². The zero-order valence-electron chi connectivity index (χ0n) is 9.58. The number of benzene rings is 1. The number of rotatable bonds is 3. The lowest BCUT2D eigenvalue weighted by atomic mass is 10.3. The van der Waals surface area contributed by atoms with Gasteiger partial charge in [0.25, 0.3) is 0 Å². The fourth-order valence-corrected chi connectivity index (χ4v) is 1.77. The van der Waals surface area contributed by atoms with Crippen molar-refractivity contribution < 1.29 is 9.13 Å². The molecule has 0 amide bonds. The van der Waals surface area contributed by atoms with Crippen LogP contribution < -0.4 is 4.74 Å². The minimum Gasteiger partial charge on any atom is -0.487 e. The van der Waals surface area contributed by atoms with Gasteiger partial charge in [0.1, 0.15) is 23.8 Å². The number of halogens is 1. The molecular formula is C14H11FN2O. The van der Waals surface area contributed by atoms with Crippen LogP contribution in [0.3, 0.4) is 0 Å². The molecule has 0 aliphatic carbocycles. The quantitative estimate of drug-likeness (QED) is 0.705. The number of imidazole rings is 1. The zero-order chi connectivity index (χ0) is 12.4. The van der Waals surface area contributed by atoms with Crippen molar-refractivity contribution in [2.24, 2.45) is 0 Å². The molecule has 0 saturated carbocycles. The van der Waals surface area contributed by atoms with Gasteiger partial charge in [0.2, 0.25) is 0 Å². The molecule has 3 aromatic rings. The number of ether oxygens (including phenoxy) is 1. The van der Waals surface area contributed by atoms with E-state index in [4.69, 9.17) is 4.74 Å². The first kappa shape index (κ1) is 10.8. The highest BCUT2D eigenvalue weighted by molar-refractivity contribution is 5.39. The summed E-state index contributed by atoms with van der Waals surface area (Å²) in [6, 6.07) is 11.9. The third kappa shape index (κ3) is 2.18. The molecule has 0 spiro atoms. The van der Waals surface area contributed by atoms with E-state index in [1.807, 2.05) is 35.0 Å². The molecule has 90 valence electrons. The molecule has 0 N–H and O–H groups in total. The molecule has 0 atom stereocenters. The van der Waals surface area contributed by atoms with Crippen LogP contribution in [0, 0.1) is 5.82 Å². The molecule has 2 aromatic heterocycles. The van der Waals surface area contributed by atoms with Crippen molar-refractivity contribution in [3.63, 3.8) is 0 Å². The molecule has 0 radical (unpaired) electrons. The number of nitrogens with zero attached hydrogens (tertiary/aromatic N) is 2. The summed E-state index contributed by atoms with van der Waals surface area (Å²) in [4.78, 5) is 4.39. The summed E-state index contributed by atoms with van der Waals surface area (Å²) in [5.41, 5.74) is 1.68. The summed E-state index contributed by atoms with van der Waals surface area (Å²) >= 11 is 0. The van der Waals surface area contributed by atoms with E-state index >= 15 is 0 Å². The van der Waals surface area contributed by atoms with Crippen LogP contribution >= 0.6 is 0 Å². The van der Waals surface area contributed by atoms with Crippen molar-refractivity contribution in [3.8, 4) is 5.75 Å². The molecule has 4 heteroatoms. The summed E-state index contributed by atoms with van der Waals surface area (Å²) in [5.74, 6) is 0.203. The molecule has 3 nitrogen and oxygen atoms in total. The van der Waals surface area contributed by atoms with Gasteiger partial charge in [0, 0.05) is 18.5 Å². The highest BCUT2D eigenvalue weighted by Crippen LogP contribution is 2.14. The zero-order valence-corrected chi connectivity index (χ0v) is 9.58. The van der Waals surface area contributed by atoms with E-state index in [-0.39, 0.29) is 5.82 Å². The minimum absolute atomic E-state index is 0.303. The lowest BCUT2D eigenvalue weighted by Crippen LogP contribution is -1.95. The fourth-order valence-electron chi connectivity index (χ4n) is 1.77. The van der Waals surface area contributed by atoms with Gasteiger partial charge < -0.3 is 9.14 Å². The second-order valence-electron chi connectivity index (χ2n) is 3.94. The molecule has 0 saturated heterocycles. The maximum atomic E-state index is 13.0. The van der Waals surface area contributed by atoms with E-state index in [0.717, 1.165) is 11.3 Å². The maximum absolute atomic E-state index is 13.0. The standard InChI is InChI=1S/C14H11FN2O/c15-11-4-3-5-13(8-11)18-10-12-9-17-7-2-1-6-14(17)16-12/h1-9H,10H2. The first-order valence-electron chi connectivity index (χ1n) is 5.62. The third-order valence-corrected chi connectivity index (χ3v) is 2.60. The van der Waals surface area contributed by atoms with E-state index < -0.39 is 0 Å². The number of pyridine rings is 1. The van der Waals surface area contributed by atoms with Crippen LogP contribution in [0.1, 0.15) is 5.69 Å². The Morgan fingerprint density at radius 1 is 1.17 bits per heavy atom. The van der Waals surface area contributed by atoms with Gasteiger partial charge in [-0.15, -0.1) is 0 Å². The lowest BCUT2D eigenvalue weighted by Gasteiger charge is -2.03. The molecule has 18 heavy (non-hydrogen) atoms. The van der Waals surface area contributed by atoms with Gasteiger partial charge in [0.15, 0.2) is 0 Å². The topological polar surface area (TPSA) is 26.5 Å². The van der Waals surface area contributed by atoms with Crippen molar-refractivity contribution >= 4 is 5.65 Å². The van der Waals surface area contributed by atoms with Crippen LogP contribution in [0.2, 0.25) is 0 Å². The Morgan fingerprint density at radius 2 is 2.11 bits per heavy atom. The Bertz CT molecular complexity index is 645. The second-order valence-corrected chi connectivity index (χ2v) is 3.94. The van der Waals surface area contributed by atoms with Gasteiger partial charge in [-0.05, 0) is 24.3 Å². The van der Waals surface area contributed by atoms with Crippen molar-refractivity contribution in [1.82, 2.24) is 9.38 Å². The summed E-state index contributed by atoms with van der Waals surface area (Å²) < 4.78 is 20.4. The Morgan fingerprint density at radius 3 is 2.94 bits per heavy atom. The first-order valence-corrected chi connectivity index (χ1v) is 5.62. The van der Waals surface area contributed by atoms with Crippen molar-refractivity contribution in [3.05, 3.63) is 66.4 Å². The molecule has 0 aliphatic heterocycles. The molecule has 0 bridgehead atoms. The van der Waals surface area contributed by atoms with Crippen molar-refractivity contribution in [1.29, 1.82) is 0 Å². The van der Waals surface area contributed by atoms with E-state index in [0.29, 0.717) is 12.4 Å². The molecule has 1 aromatic carbocycles. The average molecular weight is 242 g/mol. The first-order chi connectivity index (χ1) is 8.81. The van der Waals surface area contributed by atoms with Crippen LogP contribution in [-0.4, -0.2) is 9.38 Å². The Kier molecular flexibility index (Phi) is 2.68. The van der Waals surface area contributed by atoms with Gasteiger partial charge in [-0.3, -0.25) is 0 Å². The van der Waals surface area contributed by atoms with E-state index in [1.165, 1.54) is 12.1 Å². The molecule has 0 aliphatic rings. The fraction of sp³-hybridized carbons (Fsp3) is 0.0714. The van der Waals surface area contributed by atoms with Gasteiger partial charge in [0.05, 0.1) is 5.69 Å². The summed E-state index contributed by atoms with van der Waals surface area (Å²) in [5, 5.41) is 0. The number of hydrogen-bond donors (Lipinski definition) is 0. The summed E-state index contributed by atoms with van der Waals surface area (Å²) in [6.07, 6.45) is 3.82. The number of hydrogen-bond acceptors (Lipinski definition) is 2. The summed E-state index contributed by atoms with van der Waals surface area (Å²) in [6.45, 7) is 0.325. The van der Waals surface area contributed by atoms with Crippen LogP contribution in [0.15, 0.2) is 54.9 Å². The Hall–Kier alpha value is -2.36. The Balaban J connectivity index is 1.76. The molecule has 0 fully saturated rings. The van der Waals surface area contributed by atoms with Crippen LogP contribution in [-0.2, 0) is 6.61 Å². The van der Waals surface area contributed by atoms with E-state index in [9.17, 15) is 4.39 Å². The van der Waals surface area contributed by atoms with Gasteiger partial charge in [-0.2, -0.15) is 0 Å². The SMILES string of the molecule is Fc1cccc(OCc2cn3ccccc3n2)c1. The third-order valence-electron chi connectivity index (χ3n) is 2.60. The molecule has 3 rings (SSSR count). The van der Waals surface area contributed by atoms with Crippen molar-refractivity contribution in [2.75, 3.05) is 0 Å². The monoisotopic (exact) mass is 242 g/mol. The highest BCUT2D eigenvalue weighted by Gasteiger charge is 2.02. The lowest BCUT2D eigenvalue weighted by molar-refractivity contribution is 0.300. The van der Waals surface area contributed by atoms with Crippen LogP contribution in [0.5, 0.6) is 5.75 Å². The van der Waals surface area contributed by atoms with E-state index in [2.05, 4.69) is 4.98 Å². The average Bonchev–Trinajstić information content (AvgIpc) is 2.79. The normalized spacial score (nSPS) is 10.7. The van der Waals surface area contributed by atoms with Crippen molar-refractivity contribution in [2.45, 2.75) is 6.61 Å². The van der Waals surface area contributed by atoms with Crippen LogP contribution in [0.25, 0.3) is 5.65 Å². The minimum atomic E-state index is -0.303. The van der Waals surface area contributed by atoms with Crippen LogP contribution in [0.4, 0.5) is 4.39 Å². The Labute approximate surface area is 103 Å². The van der Waals surface area contributed by atoms with Gasteiger partial charge in [-0.1, -0.05) is 12.1 Å². The largest absolute Gasteiger partial charge is 0.487 e. The molecular weight excluding hydrogens is 231 g/mol. The number of aromatic nitrogens is 2. The van der Waals surface area contributed by atoms with Gasteiger partial charge >= 0.3 is 0 Å². The predicted octanol–water partition coefficient (Wildman–Crippen LogP) is 3.05. The highest BCUT2D eigenvalue weighted by atomic mass is 19.1. The second kappa shape index (κ2) is 4.49.